The highest BCUT2D eigenvalue weighted by molar-refractivity contribution is 7.16. The molecule has 2 aromatic rings. The van der Waals surface area contributed by atoms with Gasteiger partial charge >= 0.3 is 0 Å². The Kier molecular flexibility index (Phi) is 4.05. The van der Waals surface area contributed by atoms with E-state index in [0.29, 0.717) is 5.15 Å². The fourth-order valence-electron chi connectivity index (χ4n) is 2.22. The maximum absolute atomic E-state index is 9.17. The maximum atomic E-state index is 9.17. The van der Waals surface area contributed by atoms with Crippen molar-refractivity contribution in [1.29, 1.82) is 0 Å². The molecule has 0 saturated carbocycles. The zero-order valence-electron chi connectivity index (χ0n) is 10.9. The van der Waals surface area contributed by atoms with E-state index in [0.717, 1.165) is 42.0 Å². The van der Waals surface area contributed by atoms with Crippen LogP contribution in [-0.4, -0.2) is 41.3 Å². The van der Waals surface area contributed by atoms with Crippen molar-refractivity contribution in [3.8, 4) is 0 Å². The van der Waals surface area contributed by atoms with E-state index in [9.17, 15) is 5.11 Å². The number of hydrogen-bond donors (Lipinski definition) is 1. The molecule has 5 nitrogen and oxygen atoms in total. The summed E-state index contributed by atoms with van der Waals surface area (Å²) in [6, 6.07) is 5.95. The molecule has 0 atom stereocenters. The Morgan fingerprint density at radius 3 is 2.55 bits per heavy atom. The van der Waals surface area contributed by atoms with Crippen LogP contribution in [0.5, 0.6) is 0 Å². The minimum Gasteiger partial charge on any atom is -0.391 e. The predicted octanol–water partition coefficient (Wildman–Crippen LogP) is 2.01. The van der Waals surface area contributed by atoms with Gasteiger partial charge in [-0.25, -0.2) is 9.97 Å². The second-order valence-electron chi connectivity index (χ2n) is 4.53. The summed E-state index contributed by atoms with van der Waals surface area (Å²) >= 11 is 7.44. The smallest absolute Gasteiger partial charge is 0.187 e. The van der Waals surface area contributed by atoms with E-state index >= 15 is 0 Å². The minimum atomic E-state index is -0.0512. The van der Waals surface area contributed by atoms with Crippen molar-refractivity contribution in [3.63, 3.8) is 0 Å². The molecular weight excluding hydrogens is 296 g/mol. The number of halogens is 1. The van der Waals surface area contributed by atoms with E-state index in [-0.39, 0.29) is 6.61 Å². The molecule has 0 radical (unpaired) electrons. The molecule has 1 saturated heterocycles. The minimum absolute atomic E-state index is 0.0512. The van der Waals surface area contributed by atoms with Crippen LogP contribution in [0.1, 0.15) is 4.88 Å². The van der Waals surface area contributed by atoms with Crippen molar-refractivity contribution in [2.45, 2.75) is 6.61 Å². The number of anilines is 2. The summed E-state index contributed by atoms with van der Waals surface area (Å²) in [7, 11) is 0. The van der Waals surface area contributed by atoms with Gasteiger partial charge in [0, 0.05) is 32.4 Å². The highest BCUT2D eigenvalue weighted by atomic mass is 35.5. The lowest BCUT2D eigenvalue weighted by Crippen LogP contribution is -2.46. The molecule has 1 aliphatic rings. The second kappa shape index (κ2) is 5.95. The number of nitrogens with zero attached hydrogens (tertiary/aromatic N) is 4. The number of rotatable bonds is 3. The third-order valence-corrected chi connectivity index (χ3v) is 4.83. The molecule has 0 unspecified atom stereocenters. The molecule has 0 aromatic carbocycles. The molecule has 1 N–H and O–H groups in total. The quantitative estimate of drug-likeness (QED) is 0.940. The summed E-state index contributed by atoms with van der Waals surface area (Å²) in [5.41, 5.74) is 0. The first-order chi connectivity index (χ1) is 9.78. The van der Waals surface area contributed by atoms with Gasteiger partial charge in [-0.05, 0) is 12.1 Å². The summed E-state index contributed by atoms with van der Waals surface area (Å²) in [5.74, 6) is 1.01. The van der Waals surface area contributed by atoms with E-state index in [1.165, 1.54) is 11.3 Å². The first-order valence-corrected chi connectivity index (χ1v) is 7.64. The van der Waals surface area contributed by atoms with E-state index in [1.54, 1.807) is 0 Å². The Labute approximate surface area is 126 Å². The van der Waals surface area contributed by atoms with Crippen molar-refractivity contribution in [3.05, 3.63) is 34.4 Å². The van der Waals surface area contributed by atoms with E-state index in [1.807, 2.05) is 24.4 Å². The van der Waals surface area contributed by atoms with E-state index in [2.05, 4.69) is 19.8 Å². The molecule has 7 heteroatoms. The summed E-state index contributed by atoms with van der Waals surface area (Å²) in [6.07, 6.45) is 1.82. The van der Waals surface area contributed by atoms with Crippen LogP contribution in [0.25, 0.3) is 0 Å². The van der Waals surface area contributed by atoms with Crippen molar-refractivity contribution >= 4 is 33.9 Å². The molecule has 0 bridgehead atoms. The molecule has 3 rings (SSSR count). The molecule has 2 aromatic heterocycles. The molecule has 3 heterocycles. The Balaban J connectivity index is 1.66. The second-order valence-corrected chi connectivity index (χ2v) is 5.95. The summed E-state index contributed by atoms with van der Waals surface area (Å²) in [5, 5.41) is 10.5. The number of piperazine rings is 1. The third kappa shape index (κ3) is 2.72. The monoisotopic (exact) mass is 310 g/mol. The van der Waals surface area contributed by atoms with Crippen molar-refractivity contribution in [1.82, 2.24) is 9.97 Å². The number of pyridine rings is 1. The fourth-order valence-corrected chi connectivity index (χ4v) is 3.39. The Morgan fingerprint density at radius 1 is 1.20 bits per heavy atom. The van der Waals surface area contributed by atoms with Gasteiger partial charge in [-0.1, -0.05) is 29.0 Å². The molecule has 106 valence electrons. The average molecular weight is 311 g/mol. The van der Waals surface area contributed by atoms with Crippen LogP contribution in [0, 0.1) is 0 Å². The van der Waals surface area contributed by atoms with Gasteiger partial charge in [0.1, 0.15) is 11.0 Å². The zero-order valence-corrected chi connectivity index (χ0v) is 12.4. The topological polar surface area (TPSA) is 52.5 Å². The van der Waals surface area contributed by atoms with Gasteiger partial charge in [0.05, 0.1) is 11.5 Å². The van der Waals surface area contributed by atoms with Crippen LogP contribution in [0.4, 0.5) is 10.9 Å². The highest BCUT2D eigenvalue weighted by Crippen LogP contribution is 2.30. The lowest BCUT2D eigenvalue weighted by atomic mass is 10.3. The van der Waals surface area contributed by atoms with Crippen molar-refractivity contribution < 1.29 is 5.11 Å². The molecule has 20 heavy (non-hydrogen) atoms. The Bertz CT molecular complexity index is 569. The summed E-state index contributed by atoms with van der Waals surface area (Å²) in [6.45, 7) is 3.52. The normalized spacial score (nSPS) is 15.7. The van der Waals surface area contributed by atoms with E-state index in [4.69, 9.17) is 11.6 Å². The number of thiazole rings is 1. The fraction of sp³-hybridized carbons (Fsp3) is 0.385. The SMILES string of the molecule is OCc1sc(N2CCN(c3ccccn3)CC2)nc1Cl. The third-order valence-electron chi connectivity index (χ3n) is 3.31. The average Bonchev–Trinajstić information content (AvgIpc) is 2.89. The standard InChI is InChI=1S/C13H15ClN4OS/c14-12-10(9-19)20-13(16-12)18-7-5-17(6-8-18)11-3-1-2-4-15-11/h1-4,19H,5-9H2. The molecule has 1 aliphatic heterocycles. The van der Waals surface area contributed by atoms with Crippen molar-refractivity contribution in [2.24, 2.45) is 0 Å². The van der Waals surface area contributed by atoms with Crippen LogP contribution < -0.4 is 9.80 Å². The largest absolute Gasteiger partial charge is 0.391 e. The van der Waals surface area contributed by atoms with Crippen LogP contribution in [0.3, 0.4) is 0 Å². The van der Waals surface area contributed by atoms with Gasteiger partial charge in [0.15, 0.2) is 5.13 Å². The summed E-state index contributed by atoms with van der Waals surface area (Å²) < 4.78 is 0. The Hall–Kier alpha value is -1.37. The molecule has 0 spiro atoms. The van der Waals surface area contributed by atoms with Gasteiger partial charge in [-0.15, -0.1) is 0 Å². The summed E-state index contributed by atoms with van der Waals surface area (Å²) in [4.78, 5) is 13.9. The number of aromatic nitrogens is 2. The number of aliphatic hydroxyl groups excluding tert-OH is 1. The lowest BCUT2D eigenvalue weighted by molar-refractivity contribution is 0.285. The molecule has 1 fully saturated rings. The van der Waals surface area contributed by atoms with Crippen molar-refractivity contribution in [2.75, 3.05) is 36.0 Å². The van der Waals surface area contributed by atoms with Crippen LogP contribution >= 0.6 is 22.9 Å². The van der Waals surface area contributed by atoms with Crippen LogP contribution in [0.2, 0.25) is 5.15 Å². The van der Waals surface area contributed by atoms with Gasteiger partial charge in [-0.3, -0.25) is 0 Å². The molecule has 0 aliphatic carbocycles. The van der Waals surface area contributed by atoms with Gasteiger partial charge in [0.2, 0.25) is 0 Å². The first-order valence-electron chi connectivity index (χ1n) is 6.45. The number of aliphatic hydroxyl groups is 1. The van der Waals surface area contributed by atoms with Gasteiger partial charge in [0.25, 0.3) is 0 Å². The van der Waals surface area contributed by atoms with E-state index < -0.39 is 0 Å². The van der Waals surface area contributed by atoms with Gasteiger partial charge < -0.3 is 14.9 Å². The predicted molar refractivity (Wildman–Crippen MR) is 81.7 cm³/mol. The van der Waals surface area contributed by atoms with Gasteiger partial charge in [-0.2, -0.15) is 0 Å². The van der Waals surface area contributed by atoms with Crippen LogP contribution in [-0.2, 0) is 6.61 Å². The Morgan fingerprint density at radius 2 is 1.95 bits per heavy atom. The first kappa shape index (κ1) is 13.6. The maximum Gasteiger partial charge on any atom is 0.187 e. The highest BCUT2D eigenvalue weighted by Gasteiger charge is 2.21. The lowest BCUT2D eigenvalue weighted by Gasteiger charge is -2.35. The van der Waals surface area contributed by atoms with Crippen LogP contribution in [0.15, 0.2) is 24.4 Å². The molecular formula is C13H15ClN4OS. The molecule has 0 amide bonds. The number of hydrogen-bond acceptors (Lipinski definition) is 6. The zero-order chi connectivity index (χ0) is 13.9.